The molecule has 1 N–H and O–H groups in total. The Bertz CT molecular complexity index is 649. The molecule has 0 amide bonds. The number of para-hydroxylation sites is 1. The van der Waals surface area contributed by atoms with Crippen molar-refractivity contribution >= 4 is 5.69 Å². The highest BCUT2D eigenvalue weighted by Gasteiger charge is 2.16. The third-order valence-electron chi connectivity index (χ3n) is 4.53. The van der Waals surface area contributed by atoms with Crippen LogP contribution in [0, 0.1) is 0 Å². The van der Waals surface area contributed by atoms with E-state index in [1.165, 1.54) is 16.8 Å². The molecule has 0 unspecified atom stereocenters. The summed E-state index contributed by atoms with van der Waals surface area (Å²) >= 11 is 0. The van der Waals surface area contributed by atoms with Crippen LogP contribution in [0.5, 0.6) is 0 Å². The topological polar surface area (TPSA) is 35.9 Å². The van der Waals surface area contributed by atoms with E-state index in [1.54, 1.807) is 0 Å². The van der Waals surface area contributed by atoms with Crippen LogP contribution in [0.4, 0.5) is 5.69 Å². The molecule has 0 saturated carbocycles. The van der Waals surface area contributed by atoms with Gasteiger partial charge in [-0.1, -0.05) is 42.5 Å². The zero-order valence-corrected chi connectivity index (χ0v) is 14.5. The van der Waals surface area contributed by atoms with Gasteiger partial charge in [0.05, 0.1) is 19.3 Å². The van der Waals surface area contributed by atoms with Gasteiger partial charge in [-0.3, -0.25) is 4.90 Å². The first-order chi connectivity index (χ1) is 11.6. The van der Waals surface area contributed by atoms with Crippen LogP contribution in [-0.2, 0) is 4.74 Å². The molecule has 4 nitrogen and oxygen atoms in total. The van der Waals surface area contributed by atoms with Crippen LogP contribution < -0.4 is 4.90 Å². The van der Waals surface area contributed by atoms with Gasteiger partial charge >= 0.3 is 0 Å². The van der Waals surface area contributed by atoms with E-state index >= 15 is 0 Å². The summed E-state index contributed by atoms with van der Waals surface area (Å²) in [5.41, 5.74) is 4.53. The molecule has 128 valence electrons. The lowest BCUT2D eigenvalue weighted by Gasteiger charge is -2.28. The van der Waals surface area contributed by atoms with Crippen LogP contribution in [0.1, 0.15) is 11.7 Å². The summed E-state index contributed by atoms with van der Waals surface area (Å²) in [4.78, 5) is 4.37. The third-order valence-corrected chi connectivity index (χ3v) is 4.53. The first-order valence-electron chi connectivity index (χ1n) is 8.50. The number of hydrogen-bond donors (Lipinski definition) is 1. The maximum Gasteiger partial charge on any atom is 0.0916 e. The molecule has 2 aromatic carbocycles. The van der Waals surface area contributed by atoms with Gasteiger partial charge < -0.3 is 14.7 Å². The molecule has 4 heteroatoms. The predicted molar refractivity (Wildman–Crippen MR) is 98.4 cm³/mol. The second-order valence-electron chi connectivity index (χ2n) is 6.46. The molecule has 1 saturated heterocycles. The Balaban J connectivity index is 1.73. The normalized spacial score (nSPS) is 16.8. The maximum atomic E-state index is 10.5. The fraction of sp³-hybridized carbons (Fsp3) is 0.400. The fourth-order valence-corrected chi connectivity index (χ4v) is 3.13. The van der Waals surface area contributed by atoms with Gasteiger partial charge in [0.2, 0.25) is 0 Å². The summed E-state index contributed by atoms with van der Waals surface area (Å²) in [6, 6.07) is 16.6. The lowest BCUT2D eigenvalue weighted by Crippen LogP contribution is -2.38. The minimum atomic E-state index is -0.457. The van der Waals surface area contributed by atoms with Crippen LogP contribution in [0.25, 0.3) is 11.1 Å². The molecule has 2 aromatic rings. The van der Waals surface area contributed by atoms with Gasteiger partial charge in [0.1, 0.15) is 0 Å². The van der Waals surface area contributed by atoms with Gasteiger partial charge in [-0.15, -0.1) is 0 Å². The monoisotopic (exact) mass is 326 g/mol. The number of anilines is 1. The van der Waals surface area contributed by atoms with Gasteiger partial charge in [0, 0.05) is 45.0 Å². The van der Waals surface area contributed by atoms with Crippen LogP contribution in [-0.4, -0.2) is 56.9 Å². The minimum absolute atomic E-state index is 0.457. The van der Waals surface area contributed by atoms with Crippen LogP contribution >= 0.6 is 0 Å². The van der Waals surface area contributed by atoms with Crippen molar-refractivity contribution in [2.75, 3.05) is 51.8 Å². The quantitative estimate of drug-likeness (QED) is 0.916. The predicted octanol–water partition coefficient (Wildman–Crippen LogP) is 2.79. The number of morpholine rings is 1. The summed E-state index contributed by atoms with van der Waals surface area (Å²) in [7, 11) is 4.11. The Morgan fingerprint density at radius 1 is 1.04 bits per heavy atom. The van der Waals surface area contributed by atoms with Crippen molar-refractivity contribution in [1.29, 1.82) is 0 Å². The second kappa shape index (κ2) is 7.79. The highest BCUT2D eigenvalue weighted by atomic mass is 16.5. The third kappa shape index (κ3) is 3.96. The SMILES string of the molecule is CN(C)c1ccccc1-c1ccc([C@H](O)CN2CCOCC2)cc1. The largest absolute Gasteiger partial charge is 0.387 e. The molecule has 24 heavy (non-hydrogen) atoms. The zero-order valence-electron chi connectivity index (χ0n) is 14.5. The Labute approximate surface area is 144 Å². The van der Waals surface area contributed by atoms with Gasteiger partial charge in [0.25, 0.3) is 0 Å². The van der Waals surface area contributed by atoms with E-state index in [1.807, 2.05) is 12.1 Å². The van der Waals surface area contributed by atoms with E-state index in [0.717, 1.165) is 31.9 Å². The molecule has 1 atom stereocenters. The number of benzene rings is 2. The lowest BCUT2D eigenvalue weighted by atomic mass is 10.00. The van der Waals surface area contributed by atoms with Crippen molar-refractivity contribution in [3.63, 3.8) is 0 Å². The standard InChI is InChI=1S/C20H26N2O2/c1-21(2)19-6-4-3-5-18(19)16-7-9-17(10-8-16)20(23)15-22-11-13-24-14-12-22/h3-10,20,23H,11-15H2,1-2H3/t20-/m1/s1. The van der Waals surface area contributed by atoms with Crippen molar-refractivity contribution in [3.05, 3.63) is 54.1 Å². The van der Waals surface area contributed by atoms with Crippen molar-refractivity contribution in [3.8, 4) is 11.1 Å². The maximum absolute atomic E-state index is 10.5. The van der Waals surface area contributed by atoms with E-state index in [-0.39, 0.29) is 0 Å². The zero-order chi connectivity index (χ0) is 16.9. The van der Waals surface area contributed by atoms with Crippen LogP contribution in [0.2, 0.25) is 0 Å². The average molecular weight is 326 g/mol. The summed E-state index contributed by atoms with van der Waals surface area (Å²) in [5.74, 6) is 0. The number of aliphatic hydroxyl groups is 1. The van der Waals surface area contributed by atoms with E-state index in [9.17, 15) is 5.11 Å². The number of hydrogen-bond acceptors (Lipinski definition) is 4. The summed E-state index contributed by atoms with van der Waals surface area (Å²) < 4.78 is 5.35. The minimum Gasteiger partial charge on any atom is -0.387 e. The highest BCUT2D eigenvalue weighted by molar-refractivity contribution is 5.78. The first kappa shape index (κ1) is 17.0. The molecular weight excluding hydrogens is 300 g/mol. The van der Waals surface area contributed by atoms with Crippen LogP contribution in [0.15, 0.2) is 48.5 Å². The van der Waals surface area contributed by atoms with Crippen molar-refractivity contribution in [2.24, 2.45) is 0 Å². The Kier molecular flexibility index (Phi) is 5.51. The molecule has 0 aromatic heterocycles. The number of aliphatic hydroxyl groups excluding tert-OH is 1. The number of rotatable bonds is 5. The number of β-amino-alcohol motifs (C(OH)–C–C–N with tert-alkyl or cyclic N) is 1. The molecule has 1 aliphatic heterocycles. The molecular formula is C20H26N2O2. The number of nitrogens with zero attached hydrogens (tertiary/aromatic N) is 2. The molecule has 3 rings (SSSR count). The summed E-state index contributed by atoms with van der Waals surface area (Å²) in [6.07, 6.45) is -0.457. The van der Waals surface area contributed by atoms with Gasteiger partial charge in [-0.25, -0.2) is 0 Å². The molecule has 1 fully saturated rings. The Hall–Kier alpha value is -1.88. The van der Waals surface area contributed by atoms with Crippen molar-refractivity contribution in [2.45, 2.75) is 6.10 Å². The van der Waals surface area contributed by atoms with Crippen molar-refractivity contribution in [1.82, 2.24) is 4.90 Å². The molecule has 0 bridgehead atoms. The van der Waals surface area contributed by atoms with E-state index < -0.39 is 6.10 Å². The summed E-state index contributed by atoms with van der Waals surface area (Å²) in [5, 5.41) is 10.5. The molecule has 1 heterocycles. The van der Waals surface area contributed by atoms with E-state index in [4.69, 9.17) is 4.74 Å². The molecule has 0 spiro atoms. The Morgan fingerprint density at radius 2 is 1.71 bits per heavy atom. The van der Waals surface area contributed by atoms with Crippen molar-refractivity contribution < 1.29 is 9.84 Å². The van der Waals surface area contributed by atoms with Crippen LogP contribution in [0.3, 0.4) is 0 Å². The average Bonchev–Trinajstić information content (AvgIpc) is 2.62. The van der Waals surface area contributed by atoms with Gasteiger partial charge in [-0.2, -0.15) is 0 Å². The molecule has 1 aliphatic rings. The van der Waals surface area contributed by atoms with E-state index in [2.05, 4.69) is 60.3 Å². The Morgan fingerprint density at radius 3 is 2.38 bits per heavy atom. The fourth-order valence-electron chi connectivity index (χ4n) is 3.13. The molecule has 0 radical (unpaired) electrons. The van der Waals surface area contributed by atoms with Gasteiger partial charge in [-0.05, 0) is 17.2 Å². The smallest absolute Gasteiger partial charge is 0.0916 e. The lowest BCUT2D eigenvalue weighted by molar-refractivity contribution is 0.0143. The highest BCUT2D eigenvalue weighted by Crippen LogP contribution is 2.30. The second-order valence-corrected chi connectivity index (χ2v) is 6.46. The molecule has 0 aliphatic carbocycles. The van der Waals surface area contributed by atoms with E-state index in [0.29, 0.717) is 6.54 Å². The first-order valence-corrected chi connectivity index (χ1v) is 8.50. The number of ether oxygens (including phenoxy) is 1. The van der Waals surface area contributed by atoms with Gasteiger partial charge in [0.15, 0.2) is 0 Å². The summed E-state index contributed by atoms with van der Waals surface area (Å²) in [6.45, 7) is 3.97.